The summed E-state index contributed by atoms with van der Waals surface area (Å²) in [4.78, 5) is 55.3. The quantitative estimate of drug-likeness (QED) is 0.229. The molecular formula is C34H50N3O5P. The Morgan fingerprint density at radius 1 is 0.930 bits per heavy atom. The van der Waals surface area contributed by atoms with E-state index >= 15 is 0 Å². The van der Waals surface area contributed by atoms with Gasteiger partial charge in [-0.3, -0.25) is 18.9 Å². The van der Waals surface area contributed by atoms with Crippen LogP contribution in [0.25, 0.3) is 0 Å². The minimum absolute atomic E-state index is 0.108. The van der Waals surface area contributed by atoms with Crippen LogP contribution in [0.2, 0.25) is 0 Å². The molecule has 0 saturated heterocycles. The highest BCUT2D eigenvalue weighted by atomic mass is 31.2. The molecule has 0 heterocycles. The van der Waals surface area contributed by atoms with Crippen LogP contribution in [0.5, 0.6) is 0 Å². The average Bonchev–Trinajstić information content (AvgIpc) is 3.01. The third kappa shape index (κ3) is 9.77. The second kappa shape index (κ2) is 16.8. The van der Waals surface area contributed by atoms with Gasteiger partial charge in [-0.15, -0.1) is 0 Å². The van der Waals surface area contributed by atoms with E-state index in [4.69, 9.17) is 0 Å². The Kier molecular flexibility index (Phi) is 13.5. The van der Waals surface area contributed by atoms with Gasteiger partial charge in [-0.25, -0.2) is 0 Å². The van der Waals surface area contributed by atoms with E-state index < -0.39 is 25.0 Å². The van der Waals surface area contributed by atoms with Crippen molar-refractivity contribution in [3.63, 3.8) is 0 Å². The van der Waals surface area contributed by atoms with Gasteiger partial charge in [0.1, 0.15) is 5.78 Å². The van der Waals surface area contributed by atoms with Crippen molar-refractivity contribution in [2.45, 2.75) is 90.9 Å². The molecule has 2 aromatic carbocycles. The fourth-order valence-electron chi connectivity index (χ4n) is 6.06. The van der Waals surface area contributed by atoms with Crippen molar-refractivity contribution in [3.8, 4) is 0 Å². The molecule has 3 rings (SSSR count). The molecule has 0 bridgehead atoms. The van der Waals surface area contributed by atoms with Crippen LogP contribution < -0.4 is 5.32 Å². The molecule has 1 aliphatic carbocycles. The zero-order chi connectivity index (χ0) is 31.4. The van der Waals surface area contributed by atoms with Gasteiger partial charge in [0.05, 0.1) is 0 Å². The van der Waals surface area contributed by atoms with Gasteiger partial charge >= 0.3 is 0 Å². The van der Waals surface area contributed by atoms with Crippen molar-refractivity contribution < 1.29 is 23.8 Å². The van der Waals surface area contributed by atoms with Crippen molar-refractivity contribution in [3.05, 3.63) is 71.3 Å². The zero-order valence-corrected chi connectivity index (χ0v) is 27.2. The molecular weight excluding hydrogens is 561 g/mol. The summed E-state index contributed by atoms with van der Waals surface area (Å²) in [5.74, 6) is -2.55. The number of nitrogens with one attached hydrogen (secondary N) is 1. The van der Waals surface area contributed by atoms with Gasteiger partial charge in [0.2, 0.25) is 13.3 Å². The minimum Gasteiger partial charge on any atom is -0.343 e. The Balaban J connectivity index is 1.82. The molecule has 1 aliphatic rings. The topological polar surface area (TPSA) is 107 Å². The van der Waals surface area contributed by atoms with E-state index in [1.54, 1.807) is 36.1 Å². The van der Waals surface area contributed by atoms with Crippen LogP contribution in [-0.2, 0) is 15.8 Å². The maximum absolute atomic E-state index is 14.0. The lowest BCUT2D eigenvalue weighted by molar-refractivity contribution is -0.137. The van der Waals surface area contributed by atoms with Crippen LogP contribution in [0.15, 0.2) is 54.6 Å². The van der Waals surface area contributed by atoms with Crippen molar-refractivity contribution in [2.75, 3.05) is 25.8 Å². The van der Waals surface area contributed by atoms with Gasteiger partial charge in [-0.2, -0.15) is 0 Å². The number of rotatable bonds is 15. The van der Waals surface area contributed by atoms with Gasteiger partial charge in [0.15, 0.2) is 0 Å². The summed E-state index contributed by atoms with van der Waals surface area (Å²) in [5, 5.41) is 2.82. The largest absolute Gasteiger partial charge is 0.343 e. The lowest BCUT2D eigenvalue weighted by Gasteiger charge is -2.36. The second-order valence-electron chi connectivity index (χ2n) is 11.8. The number of benzene rings is 2. The summed E-state index contributed by atoms with van der Waals surface area (Å²) >= 11 is 0. The van der Waals surface area contributed by atoms with E-state index in [9.17, 15) is 23.8 Å². The van der Waals surface area contributed by atoms with Gasteiger partial charge in [0.25, 0.3) is 11.8 Å². The molecule has 3 atom stereocenters. The molecule has 43 heavy (non-hydrogen) atoms. The molecule has 1 fully saturated rings. The van der Waals surface area contributed by atoms with Gasteiger partial charge in [-0.1, -0.05) is 76.4 Å². The Morgan fingerprint density at radius 3 is 2.16 bits per heavy atom. The highest BCUT2D eigenvalue weighted by Crippen LogP contribution is 2.48. The standard InChI is InChI=1S/C34H50N3O5P/c1-5-21-36(22-6-2)34(40)29-18-14-17-28(24-29)32(38)35-31(23-27-15-10-8-11-16-27)43(41,42)25-26(4)33(39)37(7-3)30-19-12-9-13-20-30/h8,10-11,14-18,24,26,30-31H,5-7,9,12-13,19-23,25H2,1-4H3,(H,35,38)(H,41,42). The van der Waals surface area contributed by atoms with Crippen LogP contribution >= 0.6 is 7.37 Å². The molecule has 0 aliphatic heterocycles. The SMILES string of the molecule is CCCN(CCC)C(=O)c1cccc(C(=O)NC(Cc2ccccc2)P(=O)(O)CC(C)C(=O)N(CC)C2CCCCC2)c1. The molecule has 1 saturated carbocycles. The van der Waals surface area contributed by atoms with Crippen molar-refractivity contribution >= 4 is 25.1 Å². The number of amides is 3. The molecule has 9 heteroatoms. The highest BCUT2D eigenvalue weighted by molar-refractivity contribution is 7.58. The normalized spacial score (nSPS) is 16.5. The van der Waals surface area contributed by atoms with E-state index in [0.717, 1.165) is 44.1 Å². The van der Waals surface area contributed by atoms with Crippen LogP contribution in [0.4, 0.5) is 0 Å². The Morgan fingerprint density at radius 2 is 1.56 bits per heavy atom. The highest BCUT2D eigenvalue weighted by Gasteiger charge is 2.38. The summed E-state index contributed by atoms with van der Waals surface area (Å²) in [6.45, 7) is 9.53. The third-order valence-corrected chi connectivity index (χ3v) is 10.7. The van der Waals surface area contributed by atoms with E-state index in [-0.39, 0.29) is 36.0 Å². The van der Waals surface area contributed by atoms with Crippen LogP contribution in [0.3, 0.4) is 0 Å². The molecule has 3 amide bonds. The van der Waals surface area contributed by atoms with Gasteiger partial charge < -0.3 is 20.0 Å². The predicted octanol–water partition coefficient (Wildman–Crippen LogP) is 6.34. The van der Waals surface area contributed by atoms with E-state index in [1.165, 1.54) is 6.42 Å². The first-order valence-corrected chi connectivity index (χ1v) is 17.9. The Hall–Kier alpha value is -2.96. The number of carbonyl (C=O) groups is 3. The van der Waals surface area contributed by atoms with Crippen LogP contribution in [0.1, 0.15) is 98.9 Å². The van der Waals surface area contributed by atoms with Crippen molar-refractivity contribution in [1.29, 1.82) is 0 Å². The lowest BCUT2D eigenvalue weighted by Crippen LogP contribution is -2.45. The van der Waals surface area contributed by atoms with E-state index in [1.807, 2.05) is 56.0 Å². The zero-order valence-electron chi connectivity index (χ0n) is 26.3. The summed E-state index contributed by atoms with van der Waals surface area (Å²) in [6.07, 6.45) is 6.86. The van der Waals surface area contributed by atoms with Crippen LogP contribution in [-0.4, -0.2) is 70.0 Å². The molecule has 0 radical (unpaired) electrons. The molecule has 0 spiro atoms. The van der Waals surface area contributed by atoms with Gasteiger partial charge in [-0.05, 0) is 56.4 Å². The average molecular weight is 612 g/mol. The fourth-order valence-corrected chi connectivity index (χ4v) is 8.08. The number of hydrogen-bond acceptors (Lipinski definition) is 4. The maximum atomic E-state index is 14.0. The first-order valence-electron chi connectivity index (χ1n) is 16.0. The Bertz CT molecular complexity index is 1240. The van der Waals surface area contributed by atoms with E-state index in [0.29, 0.717) is 25.2 Å². The molecule has 2 N–H and O–H groups in total. The molecule has 3 unspecified atom stereocenters. The smallest absolute Gasteiger partial charge is 0.253 e. The third-order valence-electron chi connectivity index (χ3n) is 8.30. The molecule has 8 nitrogen and oxygen atoms in total. The van der Waals surface area contributed by atoms with Crippen LogP contribution in [0, 0.1) is 5.92 Å². The monoisotopic (exact) mass is 611 g/mol. The number of hydrogen-bond donors (Lipinski definition) is 2. The maximum Gasteiger partial charge on any atom is 0.253 e. The van der Waals surface area contributed by atoms with Gasteiger partial charge in [0, 0.05) is 55.3 Å². The minimum atomic E-state index is -4.06. The van der Waals surface area contributed by atoms with Crippen molar-refractivity contribution in [1.82, 2.24) is 15.1 Å². The second-order valence-corrected chi connectivity index (χ2v) is 14.3. The summed E-state index contributed by atoms with van der Waals surface area (Å²) < 4.78 is 14.0. The predicted molar refractivity (Wildman–Crippen MR) is 172 cm³/mol. The van der Waals surface area contributed by atoms with E-state index in [2.05, 4.69) is 5.32 Å². The molecule has 2 aromatic rings. The van der Waals surface area contributed by atoms with Crippen molar-refractivity contribution in [2.24, 2.45) is 5.92 Å². The number of carbonyl (C=O) groups excluding carboxylic acids is 3. The summed E-state index contributed by atoms with van der Waals surface area (Å²) in [6, 6.07) is 15.9. The first-order chi connectivity index (χ1) is 20.6. The Labute approximate surface area is 257 Å². The summed E-state index contributed by atoms with van der Waals surface area (Å²) in [7, 11) is -4.06. The lowest BCUT2D eigenvalue weighted by atomic mass is 9.93. The molecule has 0 aromatic heterocycles. The summed E-state index contributed by atoms with van der Waals surface area (Å²) in [5.41, 5.74) is 1.45. The number of nitrogens with zero attached hydrogens (tertiary/aromatic N) is 2. The molecule has 236 valence electrons. The first kappa shape index (κ1) is 34.5. The fraction of sp³-hybridized carbons (Fsp3) is 0.559.